The molecule has 1 aromatic heterocycles. The van der Waals surface area contributed by atoms with Crippen molar-refractivity contribution in [3.63, 3.8) is 0 Å². The van der Waals surface area contributed by atoms with E-state index in [0.29, 0.717) is 16.4 Å². The molecule has 0 unspecified atom stereocenters. The van der Waals surface area contributed by atoms with Crippen LogP contribution in [0.25, 0.3) is 10.2 Å². The van der Waals surface area contributed by atoms with Gasteiger partial charge in [0.25, 0.3) is 5.26 Å². The molecule has 4 rings (SSSR count). The van der Waals surface area contributed by atoms with Crippen LogP contribution in [0.4, 0.5) is 15.8 Å². The van der Waals surface area contributed by atoms with Crippen LogP contribution in [0, 0.1) is 15.8 Å². The number of aromatic carboxylic acids is 1. The number of fused-ring (bicyclic) bond motifs is 1. The summed E-state index contributed by atoms with van der Waals surface area (Å²) in [6.07, 6.45) is 2.57. The van der Waals surface area contributed by atoms with Gasteiger partial charge in [-0.2, -0.15) is 9.87 Å². The molecule has 0 atom stereocenters. The van der Waals surface area contributed by atoms with Crippen molar-refractivity contribution >= 4 is 61.5 Å². The summed E-state index contributed by atoms with van der Waals surface area (Å²) in [7, 11) is 1.65. The molecule has 1 aliphatic rings. The molecule has 1 saturated carbocycles. The van der Waals surface area contributed by atoms with Gasteiger partial charge in [-0.25, -0.2) is 9.78 Å². The summed E-state index contributed by atoms with van der Waals surface area (Å²) in [5, 5.41) is 11.9. The van der Waals surface area contributed by atoms with Gasteiger partial charge in [0, 0.05) is 15.3 Å². The molecule has 0 aliphatic heterocycles. The van der Waals surface area contributed by atoms with Gasteiger partial charge in [-0.15, -0.1) is 0 Å². The second kappa shape index (κ2) is 9.12. The molecule has 3 N–H and O–H groups in total. The van der Waals surface area contributed by atoms with E-state index in [0.717, 1.165) is 26.2 Å². The minimum atomic E-state index is -1.14. The van der Waals surface area contributed by atoms with Gasteiger partial charge < -0.3 is 15.3 Å². The Balaban J connectivity index is 0.000000320. The van der Waals surface area contributed by atoms with Gasteiger partial charge in [0.2, 0.25) is 0 Å². The molecular formula is C19H19FIN3O3S. The molecule has 0 saturated heterocycles. The number of aryl methyl sites for hydroxylation is 1. The Morgan fingerprint density at radius 2 is 2.04 bits per heavy atom. The van der Waals surface area contributed by atoms with Gasteiger partial charge in [0.05, 0.1) is 17.5 Å². The van der Waals surface area contributed by atoms with Crippen molar-refractivity contribution in [1.29, 1.82) is 0 Å². The molecule has 1 fully saturated rings. The standard InChI is InChI=1S/C15H10FIN2O2S.C4H9NO/c1-7-6-8(17)2-3-9(7)18-10-4-5-11-13(12(10)14(20)21)19-15(16)22-11;1-6-5-4-2-3-4/h2-6,18H,1H3,(H,20,21);4-5H,2-3H2,1H3. The van der Waals surface area contributed by atoms with Gasteiger partial charge in [0.1, 0.15) is 11.1 Å². The second-order valence-electron chi connectivity index (χ2n) is 6.29. The molecule has 148 valence electrons. The molecule has 0 radical (unpaired) electrons. The summed E-state index contributed by atoms with van der Waals surface area (Å²) in [6, 6.07) is 9.79. The molecule has 0 spiro atoms. The van der Waals surface area contributed by atoms with Gasteiger partial charge >= 0.3 is 5.97 Å². The third kappa shape index (κ3) is 5.16. The molecule has 6 nitrogen and oxygen atoms in total. The minimum Gasteiger partial charge on any atom is -0.478 e. The lowest BCUT2D eigenvalue weighted by Gasteiger charge is -2.12. The maximum absolute atomic E-state index is 13.3. The SMILES string of the molecule is CONC1CC1.Cc1cc(I)ccc1Nc1ccc2sc(F)nc2c1C(=O)O. The molecule has 9 heteroatoms. The first-order valence-corrected chi connectivity index (χ1v) is 10.4. The number of carboxylic acids is 1. The molecule has 2 aromatic carbocycles. The van der Waals surface area contributed by atoms with E-state index in [1.54, 1.807) is 19.2 Å². The number of thiazole rings is 1. The number of rotatable bonds is 5. The zero-order valence-electron chi connectivity index (χ0n) is 15.3. The van der Waals surface area contributed by atoms with Crippen LogP contribution in [0.5, 0.6) is 0 Å². The first-order valence-electron chi connectivity index (χ1n) is 8.53. The minimum absolute atomic E-state index is 0.0180. The smallest absolute Gasteiger partial charge is 0.340 e. The van der Waals surface area contributed by atoms with E-state index < -0.39 is 11.2 Å². The first kappa shape index (κ1) is 20.9. The fraction of sp³-hybridized carbons (Fsp3) is 0.263. The molecule has 1 heterocycles. The highest BCUT2D eigenvalue weighted by atomic mass is 127. The maximum Gasteiger partial charge on any atom is 0.340 e. The molecule has 1 aliphatic carbocycles. The Kier molecular flexibility index (Phi) is 6.81. The zero-order valence-corrected chi connectivity index (χ0v) is 18.2. The number of aromatic nitrogens is 1. The van der Waals surface area contributed by atoms with Crippen LogP contribution in [0.2, 0.25) is 0 Å². The monoisotopic (exact) mass is 515 g/mol. The summed E-state index contributed by atoms with van der Waals surface area (Å²) >= 11 is 3.05. The number of hydrogen-bond acceptors (Lipinski definition) is 6. The van der Waals surface area contributed by atoms with Crippen molar-refractivity contribution in [2.24, 2.45) is 0 Å². The predicted molar refractivity (Wildman–Crippen MR) is 117 cm³/mol. The third-order valence-electron chi connectivity index (χ3n) is 4.07. The fourth-order valence-corrected chi connectivity index (χ4v) is 3.91. The molecular weight excluding hydrogens is 496 g/mol. The lowest BCUT2D eigenvalue weighted by molar-refractivity contribution is 0.0700. The van der Waals surface area contributed by atoms with Crippen LogP contribution >= 0.6 is 33.9 Å². The van der Waals surface area contributed by atoms with Gasteiger partial charge in [0.15, 0.2) is 0 Å². The first-order chi connectivity index (χ1) is 13.4. The summed E-state index contributed by atoms with van der Waals surface area (Å²) in [4.78, 5) is 19.9. The number of halogens is 2. The molecule has 3 aromatic rings. The fourth-order valence-electron chi connectivity index (χ4n) is 2.57. The Morgan fingerprint density at radius 3 is 2.61 bits per heavy atom. The van der Waals surface area contributed by atoms with E-state index >= 15 is 0 Å². The highest BCUT2D eigenvalue weighted by molar-refractivity contribution is 14.1. The molecule has 0 bridgehead atoms. The average molecular weight is 515 g/mol. The van der Waals surface area contributed by atoms with Crippen LogP contribution in [0.3, 0.4) is 0 Å². The van der Waals surface area contributed by atoms with Crippen LogP contribution in [0.1, 0.15) is 28.8 Å². The van der Waals surface area contributed by atoms with Crippen molar-refractivity contribution in [2.75, 3.05) is 12.4 Å². The van der Waals surface area contributed by atoms with Crippen molar-refractivity contribution in [2.45, 2.75) is 25.8 Å². The van der Waals surface area contributed by atoms with Crippen LogP contribution in [-0.4, -0.2) is 29.2 Å². The van der Waals surface area contributed by atoms with E-state index in [-0.39, 0.29) is 11.1 Å². The van der Waals surface area contributed by atoms with Crippen molar-refractivity contribution in [1.82, 2.24) is 10.5 Å². The van der Waals surface area contributed by atoms with Gasteiger partial charge in [-0.3, -0.25) is 0 Å². The number of hydroxylamine groups is 1. The second-order valence-corrected chi connectivity index (χ2v) is 8.51. The van der Waals surface area contributed by atoms with Gasteiger partial charge in [-0.1, -0.05) is 11.3 Å². The van der Waals surface area contributed by atoms with E-state index in [1.807, 2.05) is 25.1 Å². The lowest BCUT2D eigenvalue weighted by atomic mass is 10.1. The van der Waals surface area contributed by atoms with Crippen molar-refractivity contribution in [3.05, 3.63) is 50.3 Å². The molecule has 28 heavy (non-hydrogen) atoms. The summed E-state index contributed by atoms with van der Waals surface area (Å²) < 4.78 is 14.9. The van der Waals surface area contributed by atoms with Crippen LogP contribution in [-0.2, 0) is 4.84 Å². The third-order valence-corrected chi connectivity index (χ3v) is 5.55. The largest absolute Gasteiger partial charge is 0.478 e. The summed E-state index contributed by atoms with van der Waals surface area (Å²) in [5.74, 6) is -1.14. The number of carboxylic acid groups (broad SMARTS) is 1. The lowest BCUT2D eigenvalue weighted by Crippen LogP contribution is -2.12. The average Bonchev–Trinajstić information content (AvgIpc) is 3.36. The summed E-state index contributed by atoms with van der Waals surface area (Å²) in [5.41, 5.74) is 5.17. The zero-order chi connectivity index (χ0) is 20.3. The normalized spacial score (nSPS) is 13.1. The van der Waals surface area contributed by atoms with Crippen molar-refractivity contribution in [3.8, 4) is 0 Å². The topological polar surface area (TPSA) is 83.5 Å². The maximum atomic E-state index is 13.3. The predicted octanol–water partition coefficient (Wildman–Crippen LogP) is 5.09. The van der Waals surface area contributed by atoms with Gasteiger partial charge in [-0.05, 0) is 78.3 Å². The summed E-state index contributed by atoms with van der Waals surface area (Å²) in [6.45, 7) is 1.94. The van der Waals surface area contributed by atoms with E-state index in [9.17, 15) is 14.3 Å². The number of hydrogen-bond donors (Lipinski definition) is 3. The van der Waals surface area contributed by atoms with E-state index in [4.69, 9.17) is 0 Å². The van der Waals surface area contributed by atoms with Crippen LogP contribution in [0.15, 0.2) is 30.3 Å². The Hall–Kier alpha value is -1.82. The van der Waals surface area contributed by atoms with E-state index in [1.165, 1.54) is 12.8 Å². The van der Waals surface area contributed by atoms with E-state index in [2.05, 4.69) is 43.2 Å². The number of nitrogens with zero attached hydrogens (tertiary/aromatic N) is 1. The number of carbonyl (C=O) groups is 1. The Bertz CT molecular complexity index is 1010. The number of nitrogens with one attached hydrogen (secondary N) is 2. The number of benzene rings is 2. The van der Waals surface area contributed by atoms with Crippen molar-refractivity contribution < 1.29 is 19.1 Å². The number of anilines is 2. The molecule has 0 amide bonds. The Morgan fingerprint density at radius 1 is 1.32 bits per heavy atom. The highest BCUT2D eigenvalue weighted by Crippen LogP contribution is 2.32. The highest BCUT2D eigenvalue weighted by Gasteiger charge is 2.20. The Labute approximate surface area is 179 Å². The van der Waals surface area contributed by atoms with Crippen LogP contribution < -0.4 is 10.8 Å². The quantitative estimate of drug-likeness (QED) is 0.325.